The summed E-state index contributed by atoms with van der Waals surface area (Å²) in [6.07, 6.45) is 0. The Bertz CT molecular complexity index is 1640. The highest BCUT2D eigenvalue weighted by Crippen LogP contribution is 2.26. The van der Waals surface area contributed by atoms with Crippen molar-refractivity contribution in [1.82, 2.24) is 14.9 Å². The van der Waals surface area contributed by atoms with Crippen molar-refractivity contribution in [3.63, 3.8) is 0 Å². The van der Waals surface area contributed by atoms with Crippen molar-refractivity contribution in [2.24, 2.45) is 4.99 Å². The summed E-state index contributed by atoms with van der Waals surface area (Å²) in [6, 6.07) is 17.9. The topological polar surface area (TPSA) is 121 Å². The number of H-pyrrole nitrogens is 1. The van der Waals surface area contributed by atoms with Gasteiger partial charge in [-0.15, -0.1) is 0 Å². The number of nitrogens with zero attached hydrogens (tertiary/aromatic N) is 3. The summed E-state index contributed by atoms with van der Waals surface area (Å²) in [6.45, 7) is 5.26. The Labute approximate surface area is 238 Å². The van der Waals surface area contributed by atoms with Gasteiger partial charge in [-0.3, -0.25) is 9.59 Å². The Balaban J connectivity index is 1.38. The standard InChI is InChI=1S/C31H34N6O4/c1-31(2)18-41-30(36-31)22-9-6-7-10-23(22)33-28(38)19-13-14-21(20(15-19)17-40-5)29(39)34-25-12-8-11-24-27(25)35-26(32-24)16-37(3)4/h6-15H,16-18H2,1-5H3,(H,32,35)(H,33,38)(H,34,39). The molecular weight excluding hydrogens is 520 g/mol. The molecule has 0 radical (unpaired) electrons. The molecule has 0 unspecified atom stereocenters. The number of aromatic nitrogens is 2. The third kappa shape index (κ3) is 6.29. The minimum atomic E-state index is -0.325. The van der Waals surface area contributed by atoms with Gasteiger partial charge in [0.25, 0.3) is 11.8 Å². The van der Waals surface area contributed by atoms with E-state index >= 15 is 0 Å². The van der Waals surface area contributed by atoms with E-state index in [1.54, 1.807) is 25.3 Å². The molecule has 0 aliphatic carbocycles. The van der Waals surface area contributed by atoms with Gasteiger partial charge in [0, 0.05) is 18.2 Å². The number of carbonyl (C=O) groups excluding carboxylic acids is 2. The van der Waals surface area contributed by atoms with Crippen LogP contribution in [0.25, 0.3) is 11.0 Å². The van der Waals surface area contributed by atoms with Crippen molar-refractivity contribution >= 4 is 40.1 Å². The number of anilines is 2. The zero-order valence-electron chi connectivity index (χ0n) is 23.9. The Morgan fingerprint density at radius 3 is 2.51 bits per heavy atom. The van der Waals surface area contributed by atoms with E-state index in [4.69, 9.17) is 9.47 Å². The Kier molecular flexibility index (Phi) is 7.87. The molecule has 2 amide bonds. The quantitative estimate of drug-likeness (QED) is 0.273. The molecule has 1 aromatic heterocycles. The first-order valence-electron chi connectivity index (χ1n) is 13.3. The van der Waals surface area contributed by atoms with Gasteiger partial charge in [0.05, 0.1) is 41.1 Å². The number of fused-ring (bicyclic) bond motifs is 1. The number of aliphatic imine (C=N–C) groups is 1. The third-order valence-corrected chi connectivity index (χ3v) is 6.56. The number of amides is 2. The number of para-hydroxylation sites is 2. The molecule has 0 saturated heterocycles. The lowest BCUT2D eigenvalue weighted by molar-refractivity contribution is 0.101. The van der Waals surface area contributed by atoms with Crippen molar-refractivity contribution < 1.29 is 19.1 Å². The molecule has 2 heterocycles. The van der Waals surface area contributed by atoms with Gasteiger partial charge in [-0.1, -0.05) is 18.2 Å². The molecule has 0 fully saturated rings. The van der Waals surface area contributed by atoms with Crippen LogP contribution in [0.3, 0.4) is 0 Å². The van der Waals surface area contributed by atoms with Gasteiger partial charge < -0.3 is 30.0 Å². The van der Waals surface area contributed by atoms with Crippen LogP contribution in [0.5, 0.6) is 0 Å². The molecule has 0 atom stereocenters. The molecule has 4 aromatic rings. The molecule has 10 nitrogen and oxygen atoms in total. The Hall–Kier alpha value is -4.54. The summed E-state index contributed by atoms with van der Waals surface area (Å²) in [5.41, 5.74) is 4.46. The molecule has 0 bridgehead atoms. The second-order valence-electron chi connectivity index (χ2n) is 10.9. The number of carbonyl (C=O) groups is 2. The summed E-state index contributed by atoms with van der Waals surface area (Å²) < 4.78 is 11.2. The molecule has 1 aliphatic rings. The zero-order chi connectivity index (χ0) is 29.1. The molecule has 212 valence electrons. The normalized spacial score (nSPS) is 14.1. The lowest BCUT2D eigenvalue weighted by Crippen LogP contribution is -2.18. The second-order valence-corrected chi connectivity index (χ2v) is 10.9. The highest BCUT2D eigenvalue weighted by atomic mass is 16.5. The zero-order valence-corrected chi connectivity index (χ0v) is 23.9. The van der Waals surface area contributed by atoms with Crippen LogP contribution in [0.4, 0.5) is 11.4 Å². The van der Waals surface area contributed by atoms with E-state index < -0.39 is 0 Å². The van der Waals surface area contributed by atoms with Crippen LogP contribution in [0, 0.1) is 0 Å². The van der Waals surface area contributed by atoms with E-state index in [0.717, 1.165) is 11.3 Å². The molecule has 3 N–H and O–H groups in total. The minimum Gasteiger partial charge on any atom is -0.475 e. The monoisotopic (exact) mass is 554 g/mol. The molecule has 3 aromatic carbocycles. The van der Waals surface area contributed by atoms with E-state index in [1.165, 1.54) is 0 Å². The minimum absolute atomic E-state index is 0.153. The smallest absolute Gasteiger partial charge is 0.256 e. The van der Waals surface area contributed by atoms with Crippen LogP contribution >= 0.6 is 0 Å². The van der Waals surface area contributed by atoms with E-state index in [9.17, 15) is 9.59 Å². The number of benzene rings is 3. The summed E-state index contributed by atoms with van der Waals surface area (Å²) in [5, 5.41) is 5.95. The highest BCUT2D eigenvalue weighted by Gasteiger charge is 2.28. The lowest BCUT2D eigenvalue weighted by atomic mass is 10.0. The maximum Gasteiger partial charge on any atom is 0.256 e. The fourth-order valence-electron chi connectivity index (χ4n) is 4.68. The predicted octanol–water partition coefficient (Wildman–Crippen LogP) is 4.83. The Morgan fingerprint density at radius 1 is 1.02 bits per heavy atom. The van der Waals surface area contributed by atoms with E-state index in [0.29, 0.717) is 58.2 Å². The lowest BCUT2D eigenvalue weighted by Gasteiger charge is -2.14. The van der Waals surface area contributed by atoms with Gasteiger partial charge in [-0.2, -0.15) is 0 Å². The summed E-state index contributed by atoms with van der Waals surface area (Å²) in [4.78, 5) is 41.3. The molecule has 10 heteroatoms. The number of nitrogens with one attached hydrogen (secondary N) is 3. The number of imidazole rings is 1. The maximum absolute atomic E-state index is 13.4. The molecule has 0 spiro atoms. The van der Waals surface area contributed by atoms with Gasteiger partial charge in [-0.25, -0.2) is 9.98 Å². The third-order valence-electron chi connectivity index (χ3n) is 6.56. The first-order valence-corrected chi connectivity index (χ1v) is 13.3. The second kappa shape index (κ2) is 11.5. The number of hydrogen-bond donors (Lipinski definition) is 3. The average Bonchev–Trinajstić information content (AvgIpc) is 3.51. The number of ether oxygens (including phenoxy) is 2. The van der Waals surface area contributed by atoms with E-state index in [-0.39, 0.29) is 24.0 Å². The molecule has 0 saturated carbocycles. The molecule has 41 heavy (non-hydrogen) atoms. The van der Waals surface area contributed by atoms with Crippen LogP contribution in [-0.4, -0.2) is 65.9 Å². The van der Waals surface area contributed by atoms with Crippen LogP contribution in [0.2, 0.25) is 0 Å². The van der Waals surface area contributed by atoms with Gasteiger partial charge in [-0.05, 0) is 76.0 Å². The fourth-order valence-corrected chi connectivity index (χ4v) is 4.68. The molecule has 1 aliphatic heterocycles. The van der Waals surface area contributed by atoms with Crippen LogP contribution in [0.1, 0.15) is 51.5 Å². The SMILES string of the molecule is COCc1cc(C(=O)Nc2ccccc2C2=NC(C)(C)CO2)ccc1C(=O)Nc1cccc2[nH]c(CN(C)C)nc12. The maximum atomic E-state index is 13.4. The van der Waals surface area contributed by atoms with E-state index in [2.05, 4.69) is 25.6 Å². The van der Waals surface area contributed by atoms with Crippen molar-refractivity contribution in [3.8, 4) is 0 Å². The fraction of sp³-hybridized carbons (Fsp3) is 0.290. The van der Waals surface area contributed by atoms with Crippen LogP contribution < -0.4 is 10.6 Å². The van der Waals surface area contributed by atoms with Gasteiger partial charge in [0.1, 0.15) is 17.9 Å². The van der Waals surface area contributed by atoms with Crippen molar-refractivity contribution in [2.45, 2.75) is 32.5 Å². The largest absolute Gasteiger partial charge is 0.475 e. The predicted molar refractivity (Wildman–Crippen MR) is 160 cm³/mol. The molecular formula is C31H34N6O4. The average molecular weight is 555 g/mol. The van der Waals surface area contributed by atoms with Crippen LogP contribution in [-0.2, 0) is 22.6 Å². The van der Waals surface area contributed by atoms with E-state index in [1.807, 2.05) is 75.3 Å². The van der Waals surface area contributed by atoms with Gasteiger partial charge in [0.15, 0.2) is 0 Å². The summed E-state index contributed by atoms with van der Waals surface area (Å²) >= 11 is 0. The highest BCUT2D eigenvalue weighted by molar-refractivity contribution is 6.11. The first kappa shape index (κ1) is 28.0. The van der Waals surface area contributed by atoms with Crippen LogP contribution in [0.15, 0.2) is 65.7 Å². The van der Waals surface area contributed by atoms with Crippen molar-refractivity contribution in [2.75, 3.05) is 38.4 Å². The first-order chi connectivity index (χ1) is 19.6. The van der Waals surface area contributed by atoms with Crippen molar-refractivity contribution in [3.05, 3.63) is 88.7 Å². The number of rotatable bonds is 9. The number of methoxy groups -OCH3 is 1. The number of hydrogen-bond acceptors (Lipinski definition) is 7. The van der Waals surface area contributed by atoms with Gasteiger partial charge in [0.2, 0.25) is 5.90 Å². The van der Waals surface area contributed by atoms with Gasteiger partial charge >= 0.3 is 0 Å². The molecule has 5 rings (SSSR count). The summed E-state index contributed by atoms with van der Waals surface area (Å²) in [5.74, 6) is 0.657. The van der Waals surface area contributed by atoms with Crippen molar-refractivity contribution in [1.29, 1.82) is 0 Å². The summed E-state index contributed by atoms with van der Waals surface area (Å²) in [7, 11) is 5.48. The Morgan fingerprint density at radius 2 is 1.78 bits per heavy atom. The number of aromatic amines is 1.